The number of benzene rings is 2. The molecule has 0 fully saturated rings. The Morgan fingerprint density at radius 1 is 0.533 bits per heavy atom. The summed E-state index contributed by atoms with van der Waals surface area (Å²) in [6.45, 7) is 0. The Labute approximate surface area is 99.7 Å². The zero-order valence-electron chi connectivity index (χ0n) is 7.94. The number of hydrogen-bond donors (Lipinski definition) is 0. The maximum Gasteiger partial charge on any atom is 2.00 e. The van der Waals surface area contributed by atoms with Crippen molar-refractivity contribution in [1.29, 1.82) is 0 Å². The van der Waals surface area contributed by atoms with Crippen molar-refractivity contribution in [3.05, 3.63) is 60.7 Å². The van der Waals surface area contributed by atoms with Crippen LogP contribution in [-0.4, -0.2) is 0 Å². The fourth-order valence-corrected chi connectivity index (χ4v) is 0.841. The van der Waals surface area contributed by atoms with Crippen LogP contribution >= 0.6 is 0 Å². The molecule has 0 aliphatic carbocycles. The summed E-state index contributed by atoms with van der Waals surface area (Å²) in [5.74, 6) is 0.144. The molecule has 0 spiro atoms. The quantitative estimate of drug-likeness (QED) is 0.657. The summed E-state index contributed by atoms with van der Waals surface area (Å²) in [4.78, 5) is 0. The molecule has 0 radical (unpaired) electrons. The molecular formula is C12H10FeO2. The summed E-state index contributed by atoms with van der Waals surface area (Å²) in [7, 11) is 0. The zero-order valence-corrected chi connectivity index (χ0v) is 9.05. The van der Waals surface area contributed by atoms with E-state index in [1.807, 2.05) is 12.1 Å². The number of hydrogen-bond acceptors (Lipinski definition) is 2. The summed E-state index contributed by atoms with van der Waals surface area (Å²) in [6, 6.07) is 16.7. The molecule has 15 heavy (non-hydrogen) atoms. The SMILES string of the molecule is [Fe+2].[O-]c1ccccc1.[O-]c1ccccc1. The molecule has 0 aliphatic rings. The predicted octanol–water partition coefficient (Wildman–Crippen LogP) is 1.52. The van der Waals surface area contributed by atoms with E-state index < -0.39 is 0 Å². The molecule has 0 saturated carbocycles. The molecule has 0 atom stereocenters. The topological polar surface area (TPSA) is 46.1 Å². The summed E-state index contributed by atoms with van der Waals surface area (Å²) < 4.78 is 0. The summed E-state index contributed by atoms with van der Waals surface area (Å²) in [5, 5.41) is 20.5. The van der Waals surface area contributed by atoms with Crippen molar-refractivity contribution < 1.29 is 27.3 Å². The van der Waals surface area contributed by atoms with E-state index in [0.29, 0.717) is 0 Å². The average molecular weight is 242 g/mol. The number of rotatable bonds is 0. The molecule has 0 N–H and O–H groups in total. The fraction of sp³-hybridized carbons (Fsp3) is 0. The van der Waals surface area contributed by atoms with Crippen LogP contribution in [-0.2, 0) is 17.1 Å². The largest absolute Gasteiger partial charge is 2.00 e. The van der Waals surface area contributed by atoms with Gasteiger partial charge in [0.25, 0.3) is 0 Å². The van der Waals surface area contributed by atoms with Crippen molar-refractivity contribution in [2.45, 2.75) is 0 Å². The van der Waals surface area contributed by atoms with Crippen LogP contribution in [0.25, 0.3) is 0 Å². The third-order valence-electron chi connectivity index (χ3n) is 1.49. The Morgan fingerprint density at radius 3 is 0.933 bits per heavy atom. The van der Waals surface area contributed by atoms with E-state index in [0.717, 1.165) is 0 Å². The maximum atomic E-state index is 10.3. The zero-order chi connectivity index (χ0) is 10.2. The second-order valence-corrected chi connectivity index (χ2v) is 2.63. The summed E-state index contributed by atoms with van der Waals surface area (Å²) >= 11 is 0. The molecule has 0 unspecified atom stereocenters. The molecule has 0 heterocycles. The maximum absolute atomic E-state index is 10.3. The van der Waals surface area contributed by atoms with E-state index in [1.54, 1.807) is 24.3 Å². The first-order valence-electron chi connectivity index (χ1n) is 4.23. The van der Waals surface area contributed by atoms with Gasteiger partial charge in [0.1, 0.15) is 0 Å². The molecular weight excluding hydrogens is 232 g/mol. The van der Waals surface area contributed by atoms with Crippen LogP contribution < -0.4 is 10.2 Å². The van der Waals surface area contributed by atoms with Crippen LogP contribution in [0.1, 0.15) is 0 Å². The van der Waals surface area contributed by atoms with E-state index in [-0.39, 0.29) is 28.6 Å². The van der Waals surface area contributed by atoms with Gasteiger partial charge in [0.15, 0.2) is 0 Å². The Balaban J connectivity index is 0.000000245. The minimum Gasteiger partial charge on any atom is -0.872 e. The van der Waals surface area contributed by atoms with Gasteiger partial charge in [-0.3, -0.25) is 0 Å². The third kappa shape index (κ3) is 6.61. The molecule has 2 rings (SSSR count). The van der Waals surface area contributed by atoms with E-state index in [9.17, 15) is 10.2 Å². The molecule has 2 nitrogen and oxygen atoms in total. The standard InChI is InChI=1S/2C6H6O.Fe/c2*7-6-4-2-1-3-5-6;/h2*1-5,7H;/q;;+2/p-2. The van der Waals surface area contributed by atoms with Gasteiger partial charge in [-0.25, -0.2) is 0 Å². The molecule has 0 saturated heterocycles. The van der Waals surface area contributed by atoms with Crippen LogP contribution in [0.3, 0.4) is 0 Å². The molecule has 3 heteroatoms. The Morgan fingerprint density at radius 2 is 0.800 bits per heavy atom. The second-order valence-electron chi connectivity index (χ2n) is 2.63. The van der Waals surface area contributed by atoms with Gasteiger partial charge in [-0.05, 0) is 0 Å². The smallest absolute Gasteiger partial charge is 0.872 e. The van der Waals surface area contributed by atoms with Crippen molar-refractivity contribution in [3.63, 3.8) is 0 Å². The van der Waals surface area contributed by atoms with Crippen molar-refractivity contribution in [1.82, 2.24) is 0 Å². The molecule has 0 bridgehead atoms. The van der Waals surface area contributed by atoms with Crippen molar-refractivity contribution in [2.24, 2.45) is 0 Å². The second kappa shape index (κ2) is 7.92. The first-order valence-corrected chi connectivity index (χ1v) is 4.23. The van der Waals surface area contributed by atoms with Gasteiger partial charge >= 0.3 is 17.1 Å². The van der Waals surface area contributed by atoms with E-state index in [1.165, 1.54) is 24.3 Å². The minimum atomic E-state index is 0. The monoisotopic (exact) mass is 242 g/mol. The molecule has 0 aromatic heterocycles. The van der Waals surface area contributed by atoms with Crippen molar-refractivity contribution >= 4 is 0 Å². The van der Waals surface area contributed by atoms with Crippen LogP contribution in [0.5, 0.6) is 11.5 Å². The van der Waals surface area contributed by atoms with Gasteiger partial charge in [-0.15, -0.1) is 11.5 Å². The van der Waals surface area contributed by atoms with Gasteiger partial charge in [-0.2, -0.15) is 0 Å². The van der Waals surface area contributed by atoms with Gasteiger partial charge in [0, 0.05) is 0 Å². The first-order chi connectivity index (χ1) is 6.79. The van der Waals surface area contributed by atoms with Gasteiger partial charge in [0.2, 0.25) is 0 Å². The van der Waals surface area contributed by atoms with E-state index >= 15 is 0 Å². The van der Waals surface area contributed by atoms with E-state index in [2.05, 4.69) is 0 Å². The molecule has 0 aliphatic heterocycles. The van der Waals surface area contributed by atoms with Gasteiger partial charge < -0.3 is 10.2 Å². The Kier molecular flexibility index (Phi) is 7.16. The van der Waals surface area contributed by atoms with Crippen LogP contribution in [0.4, 0.5) is 0 Å². The van der Waals surface area contributed by atoms with E-state index in [4.69, 9.17) is 0 Å². The van der Waals surface area contributed by atoms with Crippen molar-refractivity contribution in [3.8, 4) is 11.5 Å². The average Bonchev–Trinajstić information content (AvgIpc) is 2.21. The van der Waals surface area contributed by atoms with Crippen LogP contribution in [0.15, 0.2) is 60.7 Å². The molecule has 78 valence electrons. The summed E-state index contributed by atoms with van der Waals surface area (Å²) in [6.07, 6.45) is 0. The fourth-order valence-electron chi connectivity index (χ4n) is 0.841. The third-order valence-corrected chi connectivity index (χ3v) is 1.49. The van der Waals surface area contributed by atoms with Crippen LogP contribution in [0.2, 0.25) is 0 Å². The first kappa shape index (κ1) is 13.6. The molecule has 2 aromatic carbocycles. The number of para-hydroxylation sites is 2. The minimum absolute atomic E-state index is 0. The Bertz CT molecular complexity index is 311. The molecule has 0 amide bonds. The molecule has 2 aromatic rings. The van der Waals surface area contributed by atoms with Gasteiger partial charge in [0.05, 0.1) is 0 Å². The summed E-state index contributed by atoms with van der Waals surface area (Å²) in [5.41, 5.74) is 0. The predicted molar refractivity (Wildman–Crippen MR) is 51.8 cm³/mol. The van der Waals surface area contributed by atoms with Crippen LogP contribution in [0, 0.1) is 0 Å². The van der Waals surface area contributed by atoms with Crippen molar-refractivity contribution in [2.75, 3.05) is 0 Å². The Hall–Kier alpha value is -1.44. The van der Waals surface area contributed by atoms with Gasteiger partial charge in [-0.1, -0.05) is 60.7 Å². The normalized spacial score (nSPS) is 8.00.